The van der Waals surface area contributed by atoms with Gasteiger partial charge in [-0.05, 0) is 44.9 Å². The maximum atomic E-state index is 12.3. The first-order valence-electron chi connectivity index (χ1n) is 8.03. The normalized spacial score (nSPS) is 11.5. The van der Waals surface area contributed by atoms with Crippen LogP contribution >= 0.6 is 0 Å². The summed E-state index contributed by atoms with van der Waals surface area (Å²) < 4.78 is 1.75. The van der Waals surface area contributed by atoms with Crippen molar-refractivity contribution in [3.05, 3.63) is 47.3 Å². The zero-order chi connectivity index (χ0) is 17.0. The summed E-state index contributed by atoms with van der Waals surface area (Å²) in [4.78, 5) is 12.3. The summed E-state index contributed by atoms with van der Waals surface area (Å²) in [7, 11) is 0. The second-order valence-corrected chi connectivity index (χ2v) is 6.03. The smallest absolute Gasteiger partial charge is 0.271 e. The van der Waals surface area contributed by atoms with Crippen molar-refractivity contribution >= 4 is 5.91 Å². The van der Waals surface area contributed by atoms with Crippen LogP contribution in [0.5, 0.6) is 0 Å². The Morgan fingerprint density at radius 3 is 2.39 bits per heavy atom. The number of hydrogen-bond acceptors (Lipinski definition) is 3. The lowest BCUT2D eigenvalue weighted by atomic mass is 9.97. The minimum absolute atomic E-state index is 0.231. The molecule has 0 saturated carbocycles. The molecule has 0 spiro atoms. The van der Waals surface area contributed by atoms with E-state index in [2.05, 4.69) is 10.4 Å². The van der Waals surface area contributed by atoms with E-state index in [-0.39, 0.29) is 12.5 Å². The van der Waals surface area contributed by atoms with Gasteiger partial charge in [0.1, 0.15) is 0 Å². The van der Waals surface area contributed by atoms with Gasteiger partial charge in [0, 0.05) is 12.2 Å². The number of carbonyl (C=O) groups excluding carboxylic acids is 1. The molecule has 0 bridgehead atoms. The lowest BCUT2D eigenvalue weighted by Gasteiger charge is -2.25. The number of carbonyl (C=O) groups is 1. The third-order valence-corrected chi connectivity index (χ3v) is 4.29. The predicted molar refractivity (Wildman–Crippen MR) is 90.9 cm³/mol. The van der Waals surface area contributed by atoms with Gasteiger partial charge in [0.25, 0.3) is 5.91 Å². The average Bonchev–Trinajstić information content (AvgIpc) is 2.95. The van der Waals surface area contributed by atoms with Crippen LogP contribution in [0.2, 0.25) is 0 Å². The summed E-state index contributed by atoms with van der Waals surface area (Å²) >= 11 is 0. The van der Waals surface area contributed by atoms with Crippen LogP contribution in [0.4, 0.5) is 0 Å². The number of nitrogens with one attached hydrogen (secondary N) is 1. The molecule has 2 aromatic rings. The molecule has 1 aromatic heterocycles. The summed E-state index contributed by atoms with van der Waals surface area (Å²) in [5.74, 6) is -0.265. The standard InChI is InChI=1S/C18H25N3O2/c1-5-18(23,6-2)12-19-17(22)16-11-14(4)21(20-16)15-9-7-13(3)8-10-15/h7-11,23H,5-6,12H2,1-4H3,(H,19,22). The van der Waals surface area contributed by atoms with Crippen molar-refractivity contribution in [1.29, 1.82) is 0 Å². The second kappa shape index (κ2) is 6.96. The van der Waals surface area contributed by atoms with Crippen molar-refractivity contribution in [1.82, 2.24) is 15.1 Å². The predicted octanol–water partition coefficient (Wildman–Crippen LogP) is 2.77. The minimum Gasteiger partial charge on any atom is -0.388 e. The van der Waals surface area contributed by atoms with Crippen LogP contribution in [-0.2, 0) is 0 Å². The van der Waals surface area contributed by atoms with E-state index in [9.17, 15) is 9.90 Å². The van der Waals surface area contributed by atoms with Gasteiger partial charge < -0.3 is 10.4 Å². The van der Waals surface area contributed by atoms with Crippen LogP contribution in [0.3, 0.4) is 0 Å². The van der Waals surface area contributed by atoms with E-state index in [1.807, 2.05) is 52.0 Å². The summed E-state index contributed by atoms with van der Waals surface area (Å²) in [6.45, 7) is 7.99. The Balaban J connectivity index is 2.14. The first-order chi connectivity index (χ1) is 10.9. The fraction of sp³-hybridized carbons (Fsp3) is 0.444. The zero-order valence-corrected chi connectivity index (χ0v) is 14.3. The van der Waals surface area contributed by atoms with Gasteiger partial charge in [0.05, 0.1) is 11.3 Å². The van der Waals surface area contributed by atoms with Crippen molar-refractivity contribution in [2.24, 2.45) is 0 Å². The molecule has 0 saturated heterocycles. The molecule has 0 fully saturated rings. The van der Waals surface area contributed by atoms with Crippen LogP contribution in [0.15, 0.2) is 30.3 Å². The van der Waals surface area contributed by atoms with E-state index >= 15 is 0 Å². The number of amides is 1. The SMILES string of the molecule is CCC(O)(CC)CNC(=O)c1cc(C)n(-c2ccc(C)cc2)n1. The van der Waals surface area contributed by atoms with Crippen molar-refractivity contribution in [2.45, 2.75) is 46.1 Å². The van der Waals surface area contributed by atoms with Gasteiger partial charge in [-0.15, -0.1) is 0 Å². The van der Waals surface area contributed by atoms with Crippen LogP contribution in [-0.4, -0.2) is 32.9 Å². The third kappa shape index (κ3) is 3.99. The third-order valence-electron chi connectivity index (χ3n) is 4.29. The first-order valence-corrected chi connectivity index (χ1v) is 8.03. The molecule has 0 unspecified atom stereocenters. The van der Waals surface area contributed by atoms with E-state index < -0.39 is 5.60 Å². The number of hydrogen-bond donors (Lipinski definition) is 2. The molecule has 1 heterocycles. The molecule has 1 aromatic carbocycles. The Kier molecular flexibility index (Phi) is 5.21. The number of aliphatic hydroxyl groups is 1. The maximum Gasteiger partial charge on any atom is 0.271 e. The number of aromatic nitrogens is 2. The molecule has 5 nitrogen and oxygen atoms in total. The van der Waals surface area contributed by atoms with Crippen molar-refractivity contribution in [3.63, 3.8) is 0 Å². The van der Waals surface area contributed by atoms with Crippen molar-refractivity contribution < 1.29 is 9.90 Å². The maximum absolute atomic E-state index is 12.3. The number of aryl methyl sites for hydroxylation is 2. The topological polar surface area (TPSA) is 67.2 Å². The van der Waals surface area contributed by atoms with Gasteiger partial charge in [-0.1, -0.05) is 31.5 Å². The van der Waals surface area contributed by atoms with Gasteiger partial charge in [0.15, 0.2) is 5.69 Å². The van der Waals surface area contributed by atoms with Gasteiger partial charge in [-0.3, -0.25) is 4.79 Å². The highest BCUT2D eigenvalue weighted by atomic mass is 16.3. The molecule has 23 heavy (non-hydrogen) atoms. The lowest BCUT2D eigenvalue weighted by Crippen LogP contribution is -2.42. The lowest BCUT2D eigenvalue weighted by molar-refractivity contribution is 0.0313. The molecule has 0 aliphatic heterocycles. The molecule has 124 valence electrons. The van der Waals surface area contributed by atoms with Crippen LogP contribution < -0.4 is 5.32 Å². The molecule has 0 radical (unpaired) electrons. The number of benzene rings is 1. The van der Waals surface area contributed by atoms with Gasteiger partial charge in [0.2, 0.25) is 0 Å². The highest BCUT2D eigenvalue weighted by Gasteiger charge is 2.23. The van der Waals surface area contributed by atoms with E-state index in [1.54, 1.807) is 10.7 Å². The molecule has 0 aliphatic rings. The van der Waals surface area contributed by atoms with Crippen LogP contribution in [0.25, 0.3) is 5.69 Å². The number of nitrogens with zero attached hydrogens (tertiary/aromatic N) is 2. The van der Waals surface area contributed by atoms with E-state index in [0.29, 0.717) is 18.5 Å². The fourth-order valence-corrected chi connectivity index (χ4v) is 2.37. The van der Waals surface area contributed by atoms with E-state index in [0.717, 1.165) is 11.4 Å². The minimum atomic E-state index is -0.857. The monoisotopic (exact) mass is 315 g/mol. The highest BCUT2D eigenvalue weighted by Crippen LogP contribution is 2.15. The Bertz CT molecular complexity index is 670. The van der Waals surface area contributed by atoms with Gasteiger partial charge >= 0.3 is 0 Å². The average molecular weight is 315 g/mol. The van der Waals surface area contributed by atoms with E-state index in [4.69, 9.17) is 0 Å². The van der Waals surface area contributed by atoms with E-state index in [1.165, 1.54) is 5.56 Å². The molecule has 5 heteroatoms. The number of rotatable bonds is 6. The summed E-state index contributed by atoms with van der Waals surface area (Å²) in [6, 6.07) is 9.73. The molecule has 0 atom stereocenters. The van der Waals surface area contributed by atoms with Crippen molar-refractivity contribution in [3.8, 4) is 5.69 Å². The largest absolute Gasteiger partial charge is 0.388 e. The van der Waals surface area contributed by atoms with Crippen molar-refractivity contribution in [2.75, 3.05) is 6.54 Å². The Morgan fingerprint density at radius 2 is 1.83 bits per heavy atom. The summed E-state index contributed by atoms with van der Waals surface area (Å²) in [5.41, 5.74) is 2.49. The summed E-state index contributed by atoms with van der Waals surface area (Å²) in [5, 5.41) is 17.4. The Morgan fingerprint density at radius 1 is 1.22 bits per heavy atom. The molecule has 1 amide bonds. The van der Waals surface area contributed by atoms with Crippen LogP contribution in [0, 0.1) is 13.8 Å². The van der Waals surface area contributed by atoms with Crippen LogP contribution in [0.1, 0.15) is 48.4 Å². The second-order valence-electron chi connectivity index (χ2n) is 6.03. The highest BCUT2D eigenvalue weighted by molar-refractivity contribution is 5.92. The Labute approximate surface area is 137 Å². The fourth-order valence-electron chi connectivity index (χ4n) is 2.37. The zero-order valence-electron chi connectivity index (χ0n) is 14.3. The molecule has 0 aliphatic carbocycles. The molecular weight excluding hydrogens is 290 g/mol. The molecule has 2 rings (SSSR count). The quantitative estimate of drug-likeness (QED) is 0.861. The summed E-state index contributed by atoms with van der Waals surface area (Å²) in [6.07, 6.45) is 1.20. The Hall–Kier alpha value is -2.14. The van der Waals surface area contributed by atoms with Gasteiger partial charge in [-0.2, -0.15) is 5.10 Å². The molecular formula is C18H25N3O2. The molecule has 2 N–H and O–H groups in total. The van der Waals surface area contributed by atoms with Gasteiger partial charge in [-0.25, -0.2) is 4.68 Å². The first kappa shape index (κ1) is 17.2.